The first-order chi connectivity index (χ1) is 13.0. The molecular formula is C21H22N2O4. The molecule has 0 radical (unpaired) electrons. The first-order valence-corrected chi connectivity index (χ1v) is 8.90. The Morgan fingerprint density at radius 3 is 2.19 bits per heavy atom. The lowest BCUT2D eigenvalue weighted by Crippen LogP contribution is -2.41. The number of anilines is 2. The molecule has 27 heavy (non-hydrogen) atoms. The highest BCUT2D eigenvalue weighted by Crippen LogP contribution is 2.35. The number of nitrogens with one attached hydrogen (secondary N) is 1. The molecule has 0 spiro atoms. The Morgan fingerprint density at radius 1 is 1.00 bits per heavy atom. The Balaban J connectivity index is 1.56. The van der Waals surface area contributed by atoms with Crippen LogP contribution in [-0.2, 0) is 20.8 Å². The molecule has 2 aromatic carbocycles. The molecule has 0 aliphatic heterocycles. The van der Waals surface area contributed by atoms with Crippen LogP contribution in [0.4, 0.5) is 11.4 Å². The number of carbonyl (C=O) groups is 3. The molecule has 2 amide bonds. The third-order valence-electron chi connectivity index (χ3n) is 5.02. The van der Waals surface area contributed by atoms with Crippen molar-refractivity contribution < 1.29 is 19.5 Å². The lowest BCUT2D eigenvalue weighted by molar-refractivity contribution is -0.151. The van der Waals surface area contributed by atoms with Crippen LogP contribution in [0.2, 0.25) is 0 Å². The van der Waals surface area contributed by atoms with Gasteiger partial charge in [-0.05, 0) is 42.7 Å². The van der Waals surface area contributed by atoms with Crippen LogP contribution in [0.15, 0.2) is 54.6 Å². The van der Waals surface area contributed by atoms with Gasteiger partial charge in [0.1, 0.15) is 0 Å². The largest absolute Gasteiger partial charge is 0.481 e. The maximum Gasteiger partial charge on any atom is 0.307 e. The monoisotopic (exact) mass is 366 g/mol. The van der Waals surface area contributed by atoms with Crippen LogP contribution < -0.4 is 10.2 Å². The van der Waals surface area contributed by atoms with E-state index in [4.69, 9.17) is 5.11 Å². The van der Waals surface area contributed by atoms with Crippen molar-refractivity contribution in [2.75, 3.05) is 17.3 Å². The van der Waals surface area contributed by atoms with E-state index in [1.807, 2.05) is 30.3 Å². The summed E-state index contributed by atoms with van der Waals surface area (Å²) in [6.45, 7) is 0. The fourth-order valence-corrected chi connectivity index (χ4v) is 3.14. The normalized spacial score (nSPS) is 18.3. The number of para-hydroxylation sites is 1. The minimum atomic E-state index is -0.919. The van der Waals surface area contributed by atoms with Gasteiger partial charge in [0.05, 0.1) is 18.3 Å². The SMILES string of the molecule is CN(C(=O)Cc1ccc(NC(=O)C2CCC2C(=O)O)cc1)c1ccccc1. The van der Waals surface area contributed by atoms with E-state index in [0.29, 0.717) is 18.5 Å². The Kier molecular flexibility index (Phi) is 5.54. The standard InChI is InChI=1S/C21H22N2O4/c1-23(16-5-3-2-4-6-16)19(24)13-14-7-9-15(10-8-14)22-20(25)17-11-12-18(17)21(26)27/h2-10,17-18H,11-13H2,1H3,(H,22,25)(H,26,27). The molecule has 1 fully saturated rings. The molecule has 1 aliphatic carbocycles. The molecule has 0 heterocycles. The molecule has 2 atom stereocenters. The molecule has 2 aromatic rings. The smallest absolute Gasteiger partial charge is 0.307 e. The van der Waals surface area contributed by atoms with Crippen molar-refractivity contribution in [3.8, 4) is 0 Å². The fraction of sp³-hybridized carbons (Fsp3) is 0.286. The summed E-state index contributed by atoms with van der Waals surface area (Å²) in [7, 11) is 1.74. The summed E-state index contributed by atoms with van der Waals surface area (Å²) >= 11 is 0. The molecule has 140 valence electrons. The van der Waals surface area contributed by atoms with Crippen molar-refractivity contribution in [2.45, 2.75) is 19.3 Å². The Bertz CT molecular complexity index is 833. The van der Waals surface area contributed by atoms with Crippen LogP contribution in [0, 0.1) is 11.8 Å². The summed E-state index contributed by atoms with van der Waals surface area (Å²) in [5.41, 5.74) is 2.27. The minimum absolute atomic E-state index is 0.0308. The Morgan fingerprint density at radius 2 is 1.63 bits per heavy atom. The van der Waals surface area contributed by atoms with Crippen LogP contribution >= 0.6 is 0 Å². The number of amides is 2. The number of carboxylic acid groups (broad SMARTS) is 1. The van der Waals surface area contributed by atoms with Crippen LogP contribution in [0.25, 0.3) is 0 Å². The molecule has 1 saturated carbocycles. The third kappa shape index (κ3) is 4.34. The molecule has 2 unspecified atom stereocenters. The van der Waals surface area contributed by atoms with E-state index in [0.717, 1.165) is 11.3 Å². The number of carbonyl (C=O) groups excluding carboxylic acids is 2. The van der Waals surface area contributed by atoms with Gasteiger partial charge >= 0.3 is 5.97 Å². The van der Waals surface area contributed by atoms with Crippen molar-refractivity contribution in [2.24, 2.45) is 11.8 Å². The number of hydrogen-bond donors (Lipinski definition) is 2. The van der Waals surface area contributed by atoms with Gasteiger partial charge < -0.3 is 15.3 Å². The van der Waals surface area contributed by atoms with Crippen molar-refractivity contribution in [3.63, 3.8) is 0 Å². The zero-order chi connectivity index (χ0) is 19.4. The molecule has 0 aromatic heterocycles. The van der Waals surface area contributed by atoms with Gasteiger partial charge in [-0.1, -0.05) is 30.3 Å². The average Bonchev–Trinajstić information content (AvgIpc) is 2.62. The molecule has 0 saturated heterocycles. The van der Waals surface area contributed by atoms with Crippen molar-refractivity contribution >= 4 is 29.2 Å². The first kappa shape index (κ1) is 18.6. The molecule has 3 rings (SSSR count). The molecular weight excluding hydrogens is 344 g/mol. The second-order valence-corrected chi connectivity index (χ2v) is 6.78. The van der Waals surface area contributed by atoms with Crippen molar-refractivity contribution in [1.82, 2.24) is 0 Å². The lowest BCUT2D eigenvalue weighted by atomic mass is 9.73. The van der Waals surface area contributed by atoms with Gasteiger partial charge in [-0.25, -0.2) is 0 Å². The summed E-state index contributed by atoms with van der Waals surface area (Å²) in [6.07, 6.45) is 1.40. The van der Waals surface area contributed by atoms with E-state index >= 15 is 0 Å². The van der Waals surface area contributed by atoms with Crippen LogP contribution in [0.1, 0.15) is 18.4 Å². The van der Waals surface area contributed by atoms with Crippen molar-refractivity contribution in [1.29, 1.82) is 0 Å². The molecule has 2 N–H and O–H groups in total. The van der Waals surface area contributed by atoms with Crippen LogP contribution in [0.5, 0.6) is 0 Å². The fourth-order valence-electron chi connectivity index (χ4n) is 3.14. The van der Waals surface area contributed by atoms with Gasteiger partial charge in [0.25, 0.3) is 0 Å². The number of benzene rings is 2. The van der Waals surface area contributed by atoms with E-state index in [9.17, 15) is 14.4 Å². The predicted molar refractivity (Wildman–Crippen MR) is 102 cm³/mol. The zero-order valence-electron chi connectivity index (χ0n) is 15.1. The van der Waals surface area contributed by atoms with Gasteiger partial charge in [-0.15, -0.1) is 0 Å². The summed E-state index contributed by atoms with van der Waals surface area (Å²) in [5, 5.41) is 11.8. The number of carboxylic acids is 1. The summed E-state index contributed by atoms with van der Waals surface area (Å²) in [5.74, 6) is -2.27. The van der Waals surface area contributed by atoms with E-state index < -0.39 is 17.8 Å². The average molecular weight is 366 g/mol. The topological polar surface area (TPSA) is 86.7 Å². The van der Waals surface area contributed by atoms with E-state index in [1.54, 1.807) is 36.2 Å². The highest BCUT2D eigenvalue weighted by Gasteiger charge is 2.41. The molecule has 6 heteroatoms. The third-order valence-corrected chi connectivity index (χ3v) is 5.02. The van der Waals surface area contributed by atoms with Gasteiger partial charge in [0, 0.05) is 18.4 Å². The Labute approximate surface area is 157 Å². The first-order valence-electron chi connectivity index (χ1n) is 8.90. The highest BCUT2D eigenvalue weighted by atomic mass is 16.4. The summed E-state index contributed by atoms with van der Waals surface area (Å²) < 4.78 is 0. The van der Waals surface area contributed by atoms with Crippen molar-refractivity contribution in [3.05, 3.63) is 60.2 Å². The van der Waals surface area contributed by atoms with Gasteiger partial charge in [0.15, 0.2) is 0 Å². The highest BCUT2D eigenvalue weighted by molar-refractivity contribution is 5.96. The van der Waals surface area contributed by atoms with E-state index in [-0.39, 0.29) is 18.2 Å². The number of rotatable bonds is 6. The van der Waals surface area contributed by atoms with E-state index in [2.05, 4.69) is 5.32 Å². The van der Waals surface area contributed by atoms with Crippen LogP contribution in [0.3, 0.4) is 0 Å². The van der Waals surface area contributed by atoms with Crippen LogP contribution in [-0.4, -0.2) is 29.9 Å². The zero-order valence-corrected chi connectivity index (χ0v) is 15.1. The number of aliphatic carboxylic acids is 1. The second-order valence-electron chi connectivity index (χ2n) is 6.78. The predicted octanol–water partition coefficient (Wildman–Crippen LogP) is 2.94. The van der Waals surface area contributed by atoms with Gasteiger partial charge in [-0.3, -0.25) is 14.4 Å². The van der Waals surface area contributed by atoms with Gasteiger partial charge in [-0.2, -0.15) is 0 Å². The lowest BCUT2D eigenvalue weighted by Gasteiger charge is -2.31. The molecule has 1 aliphatic rings. The quantitative estimate of drug-likeness (QED) is 0.823. The number of likely N-dealkylation sites (N-methyl/N-ethyl adjacent to an activating group) is 1. The molecule has 6 nitrogen and oxygen atoms in total. The van der Waals surface area contributed by atoms with E-state index in [1.165, 1.54) is 0 Å². The maximum atomic E-state index is 12.4. The molecule has 0 bridgehead atoms. The summed E-state index contributed by atoms with van der Waals surface area (Å²) in [4.78, 5) is 37.2. The second kappa shape index (κ2) is 8.03. The van der Waals surface area contributed by atoms with Gasteiger partial charge in [0.2, 0.25) is 11.8 Å². The number of hydrogen-bond acceptors (Lipinski definition) is 3. The maximum absolute atomic E-state index is 12.4. The summed E-state index contributed by atoms with van der Waals surface area (Å²) in [6, 6.07) is 16.5. The Hall–Kier alpha value is -3.15. The minimum Gasteiger partial charge on any atom is -0.481 e. The number of nitrogens with zero attached hydrogens (tertiary/aromatic N) is 1.